The second-order valence-corrected chi connectivity index (χ2v) is 7.92. The number of esters is 1. The Kier molecular flexibility index (Phi) is 7.35. The molecule has 0 aliphatic rings. The van der Waals surface area contributed by atoms with Gasteiger partial charge in [0.05, 0.1) is 18.0 Å². The number of nitrogens with zero attached hydrogens (tertiary/aromatic N) is 2. The fourth-order valence-corrected chi connectivity index (χ4v) is 3.67. The van der Waals surface area contributed by atoms with E-state index in [1.54, 1.807) is 60.1 Å². The van der Waals surface area contributed by atoms with Gasteiger partial charge in [-0.2, -0.15) is 5.10 Å². The SMILES string of the molecule is CCOC(=O)c1cc(-c2ccc(CC)cc2)n(-c2ccc(C(=O)NCc3ccccc3F)cc2)n1. The van der Waals surface area contributed by atoms with Gasteiger partial charge in [-0.1, -0.05) is 49.4 Å². The van der Waals surface area contributed by atoms with Gasteiger partial charge in [0, 0.05) is 23.2 Å². The Morgan fingerprint density at radius 1 is 0.971 bits per heavy atom. The van der Waals surface area contributed by atoms with Crippen LogP contribution in [0, 0.1) is 5.82 Å². The lowest BCUT2D eigenvalue weighted by molar-refractivity contribution is 0.0518. The Morgan fingerprint density at radius 3 is 2.34 bits per heavy atom. The number of rotatable bonds is 8. The van der Waals surface area contributed by atoms with Crippen molar-refractivity contribution in [1.29, 1.82) is 0 Å². The lowest BCUT2D eigenvalue weighted by Gasteiger charge is -2.10. The summed E-state index contributed by atoms with van der Waals surface area (Å²) in [6, 6.07) is 22.9. The molecule has 0 aliphatic heterocycles. The van der Waals surface area contributed by atoms with Crippen LogP contribution in [-0.4, -0.2) is 28.3 Å². The summed E-state index contributed by atoms with van der Waals surface area (Å²) < 4.78 is 20.6. The van der Waals surface area contributed by atoms with Gasteiger partial charge in [-0.15, -0.1) is 0 Å². The quantitative estimate of drug-likeness (QED) is 0.352. The number of ether oxygens (including phenoxy) is 1. The summed E-state index contributed by atoms with van der Waals surface area (Å²) in [5.41, 5.74) is 4.56. The van der Waals surface area contributed by atoms with Gasteiger partial charge in [-0.3, -0.25) is 4.79 Å². The van der Waals surface area contributed by atoms with Crippen LogP contribution in [0.2, 0.25) is 0 Å². The van der Waals surface area contributed by atoms with E-state index in [2.05, 4.69) is 17.3 Å². The predicted molar refractivity (Wildman–Crippen MR) is 132 cm³/mol. The van der Waals surface area contributed by atoms with Gasteiger partial charge < -0.3 is 10.1 Å². The van der Waals surface area contributed by atoms with Crippen LogP contribution >= 0.6 is 0 Å². The van der Waals surface area contributed by atoms with E-state index in [0.29, 0.717) is 16.8 Å². The van der Waals surface area contributed by atoms with Gasteiger partial charge in [0.1, 0.15) is 5.82 Å². The molecule has 3 aromatic carbocycles. The third-order valence-electron chi connectivity index (χ3n) is 5.62. The van der Waals surface area contributed by atoms with Gasteiger partial charge in [-0.25, -0.2) is 13.9 Å². The van der Waals surface area contributed by atoms with Crippen molar-refractivity contribution in [2.75, 3.05) is 6.61 Å². The molecule has 0 saturated carbocycles. The average molecular weight is 472 g/mol. The molecule has 0 bridgehead atoms. The zero-order chi connectivity index (χ0) is 24.8. The van der Waals surface area contributed by atoms with Crippen molar-refractivity contribution in [2.24, 2.45) is 0 Å². The number of carbonyl (C=O) groups is 2. The largest absolute Gasteiger partial charge is 0.461 e. The van der Waals surface area contributed by atoms with Crippen molar-refractivity contribution in [1.82, 2.24) is 15.1 Å². The normalized spacial score (nSPS) is 10.7. The molecule has 6 nitrogen and oxygen atoms in total. The third kappa shape index (κ3) is 5.46. The Morgan fingerprint density at radius 2 is 1.69 bits per heavy atom. The fourth-order valence-electron chi connectivity index (χ4n) is 3.67. The van der Waals surface area contributed by atoms with Crippen molar-refractivity contribution in [3.63, 3.8) is 0 Å². The number of amides is 1. The molecule has 7 heteroatoms. The first kappa shape index (κ1) is 23.9. The van der Waals surface area contributed by atoms with Crippen LogP contribution in [0.3, 0.4) is 0 Å². The summed E-state index contributed by atoms with van der Waals surface area (Å²) >= 11 is 0. The maximum absolute atomic E-state index is 13.8. The summed E-state index contributed by atoms with van der Waals surface area (Å²) in [6.07, 6.45) is 0.925. The van der Waals surface area contributed by atoms with Gasteiger partial charge in [-0.05, 0) is 55.3 Å². The van der Waals surface area contributed by atoms with E-state index in [1.807, 2.05) is 24.3 Å². The molecule has 0 unspecified atom stereocenters. The van der Waals surface area contributed by atoms with Crippen LogP contribution in [-0.2, 0) is 17.7 Å². The maximum atomic E-state index is 13.8. The van der Waals surface area contributed by atoms with E-state index in [9.17, 15) is 14.0 Å². The summed E-state index contributed by atoms with van der Waals surface area (Å²) in [7, 11) is 0. The zero-order valence-electron chi connectivity index (χ0n) is 19.6. The Labute approximate surface area is 203 Å². The average Bonchev–Trinajstić information content (AvgIpc) is 3.34. The highest BCUT2D eigenvalue weighted by Crippen LogP contribution is 2.25. The number of nitrogens with one attached hydrogen (secondary N) is 1. The highest BCUT2D eigenvalue weighted by atomic mass is 19.1. The minimum absolute atomic E-state index is 0.0905. The Hall–Kier alpha value is -4.26. The lowest BCUT2D eigenvalue weighted by atomic mass is 10.1. The first-order chi connectivity index (χ1) is 17.0. The summed E-state index contributed by atoms with van der Waals surface area (Å²) in [5.74, 6) is -1.18. The molecule has 35 heavy (non-hydrogen) atoms. The van der Waals surface area contributed by atoms with E-state index in [1.165, 1.54) is 11.6 Å². The molecule has 4 aromatic rings. The van der Waals surface area contributed by atoms with Crippen molar-refractivity contribution >= 4 is 11.9 Å². The van der Waals surface area contributed by atoms with Gasteiger partial charge in [0.2, 0.25) is 0 Å². The van der Waals surface area contributed by atoms with Crippen LogP contribution in [0.5, 0.6) is 0 Å². The summed E-state index contributed by atoms with van der Waals surface area (Å²) in [5, 5.41) is 7.21. The van der Waals surface area contributed by atoms with E-state index >= 15 is 0 Å². The summed E-state index contributed by atoms with van der Waals surface area (Å²) in [6.45, 7) is 4.18. The van der Waals surface area contributed by atoms with Crippen molar-refractivity contribution in [3.8, 4) is 16.9 Å². The van der Waals surface area contributed by atoms with E-state index < -0.39 is 5.97 Å². The predicted octanol–water partition coefficient (Wildman–Crippen LogP) is 5.35. The first-order valence-electron chi connectivity index (χ1n) is 11.5. The maximum Gasteiger partial charge on any atom is 0.358 e. The number of aromatic nitrogens is 2. The minimum Gasteiger partial charge on any atom is -0.461 e. The van der Waals surface area contributed by atoms with Gasteiger partial charge in [0.15, 0.2) is 5.69 Å². The molecule has 0 radical (unpaired) electrons. The molecule has 0 atom stereocenters. The Bertz CT molecular complexity index is 1330. The Balaban J connectivity index is 1.60. The van der Waals surface area contributed by atoms with Crippen LogP contribution in [0.25, 0.3) is 16.9 Å². The van der Waals surface area contributed by atoms with Crippen LogP contribution in [0.1, 0.15) is 45.8 Å². The fraction of sp³-hybridized carbons (Fsp3) is 0.179. The molecule has 1 N–H and O–H groups in total. The van der Waals surface area contributed by atoms with Crippen LogP contribution in [0.4, 0.5) is 4.39 Å². The van der Waals surface area contributed by atoms with E-state index in [-0.39, 0.29) is 30.6 Å². The summed E-state index contributed by atoms with van der Waals surface area (Å²) in [4.78, 5) is 24.9. The third-order valence-corrected chi connectivity index (χ3v) is 5.62. The second-order valence-electron chi connectivity index (χ2n) is 7.92. The lowest BCUT2D eigenvalue weighted by Crippen LogP contribution is -2.23. The van der Waals surface area contributed by atoms with Crippen molar-refractivity contribution in [3.05, 3.63) is 107 Å². The molecule has 178 valence electrons. The molecular weight excluding hydrogens is 445 g/mol. The van der Waals surface area contributed by atoms with Crippen molar-refractivity contribution < 1.29 is 18.7 Å². The van der Waals surface area contributed by atoms with Gasteiger partial charge >= 0.3 is 5.97 Å². The molecule has 0 saturated heterocycles. The van der Waals surface area contributed by atoms with E-state index in [4.69, 9.17) is 4.74 Å². The van der Waals surface area contributed by atoms with Crippen LogP contribution < -0.4 is 5.32 Å². The molecule has 0 spiro atoms. The highest BCUT2D eigenvalue weighted by molar-refractivity contribution is 5.94. The molecule has 1 aromatic heterocycles. The number of hydrogen-bond acceptors (Lipinski definition) is 4. The number of carbonyl (C=O) groups excluding carboxylic acids is 2. The molecule has 0 aliphatic carbocycles. The topological polar surface area (TPSA) is 73.2 Å². The standard InChI is InChI=1S/C28H26FN3O3/c1-3-19-9-11-20(12-10-19)26-17-25(28(34)35-4-2)31-32(26)23-15-13-21(14-16-23)27(33)30-18-22-7-5-6-8-24(22)29/h5-17H,3-4,18H2,1-2H3,(H,30,33). The second kappa shape index (κ2) is 10.8. The molecular formula is C28H26FN3O3. The molecule has 1 heterocycles. The number of halogens is 1. The monoisotopic (exact) mass is 471 g/mol. The van der Waals surface area contributed by atoms with Crippen LogP contribution in [0.15, 0.2) is 78.9 Å². The smallest absolute Gasteiger partial charge is 0.358 e. The first-order valence-corrected chi connectivity index (χ1v) is 11.5. The molecule has 1 amide bonds. The molecule has 0 fully saturated rings. The number of hydrogen-bond donors (Lipinski definition) is 1. The zero-order valence-corrected chi connectivity index (χ0v) is 19.6. The van der Waals surface area contributed by atoms with E-state index in [0.717, 1.165) is 17.7 Å². The van der Waals surface area contributed by atoms with Crippen molar-refractivity contribution in [2.45, 2.75) is 26.8 Å². The minimum atomic E-state index is -0.498. The van der Waals surface area contributed by atoms with Gasteiger partial charge in [0.25, 0.3) is 5.91 Å². The number of aryl methyl sites for hydroxylation is 1. The molecule has 4 rings (SSSR count). The number of benzene rings is 3. The highest BCUT2D eigenvalue weighted by Gasteiger charge is 2.18.